The zero-order valence-electron chi connectivity index (χ0n) is 10.9. The van der Waals surface area contributed by atoms with Gasteiger partial charge in [0.05, 0.1) is 0 Å². The maximum atomic E-state index is 3.44. The molecule has 1 heteroatoms. The Bertz CT molecular complexity index is 127. The van der Waals surface area contributed by atoms with Crippen LogP contribution in [0, 0.1) is 17.8 Å². The Kier molecular flexibility index (Phi) is 7.26. The Morgan fingerprint density at radius 3 is 1.79 bits per heavy atom. The normalized spacial score (nSPS) is 16.3. The van der Waals surface area contributed by atoms with Crippen LogP contribution in [0.3, 0.4) is 0 Å². The minimum atomic E-state index is 0.686. The summed E-state index contributed by atoms with van der Waals surface area (Å²) < 4.78 is 0. The molecule has 14 heavy (non-hydrogen) atoms. The predicted molar refractivity (Wildman–Crippen MR) is 65.5 cm³/mol. The largest absolute Gasteiger partial charge is 0.317 e. The number of hydrogen-bond donors (Lipinski definition) is 1. The molecular formula is C13H29N. The van der Waals surface area contributed by atoms with E-state index in [0.717, 1.165) is 17.8 Å². The molecule has 1 N–H and O–H groups in total. The molecule has 0 heterocycles. The fourth-order valence-corrected chi connectivity index (χ4v) is 2.41. The first-order chi connectivity index (χ1) is 6.56. The fraction of sp³-hybridized carbons (Fsp3) is 1.00. The van der Waals surface area contributed by atoms with Gasteiger partial charge in [0.2, 0.25) is 0 Å². The lowest BCUT2D eigenvalue weighted by molar-refractivity contribution is 0.261. The van der Waals surface area contributed by atoms with Gasteiger partial charge in [-0.05, 0) is 31.2 Å². The molecule has 2 atom stereocenters. The highest BCUT2D eigenvalue weighted by Gasteiger charge is 2.19. The van der Waals surface area contributed by atoms with Crippen LogP contribution in [0.1, 0.15) is 53.9 Å². The monoisotopic (exact) mass is 199 g/mol. The van der Waals surface area contributed by atoms with Crippen LogP contribution >= 0.6 is 0 Å². The highest BCUT2D eigenvalue weighted by atomic mass is 14.9. The summed E-state index contributed by atoms with van der Waals surface area (Å²) in [4.78, 5) is 0. The first-order valence-corrected chi connectivity index (χ1v) is 6.23. The van der Waals surface area contributed by atoms with Gasteiger partial charge in [-0.3, -0.25) is 0 Å². The predicted octanol–water partition coefficient (Wildman–Crippen LogP) is 3.69. The van der Waals surface area contributed by atoms with E-state index in [1.54, 1.807) is 0 Å². The summed E-state index contributed by atoms with van der Waals surface area (Å²) in [5, 5.41) is 3.44. The van der Waals surface area contributed by atoms with Crippen LogP contribution in [0.15, 0.2) is 0 Å². The van der Waals surface area contributed by atoms with Crippen molar-refractivity contribution < 1.29 is 0 Å². The summed E-state index contributed by atoms with van der Waals surface area (Å²) >= 11 is 0. The second-order valence-corrected chi connectivity index (χ2v) is 4.93. The van der Waals surface area contributed by atoms with Crippen molar-refractivity contribution in [2.45, 2.75) is 59.9 Å². The molecule has 0 radical (unpaired) electrons. The molecule has 0 rings (SSSR count). The number of rotatable bonds is 7. The van der Waals surface area contributed by atoms with Gasteiger partial charge in [-0.1, -0.05) is 47.5 Å². The molecule has 0 aromatic carbocycles. The van der Waals surface area contributed by atoms with Crippen LogP contribution in [0.25, 0.3) is 0 Å². The second-order valence-electron chi connectivity index (χ2n) is 4.93. The first kappa shape index (κ1) is 14.0. The highest BCUT2D eigenvalue weighted by Crippen LogP contribution is 2.25. The smallest absolute Gasteiger partial charge is 0.00896 e. The Balaban J connectivity index is 4.06. The van der Waals surface area contributed by atoms with Crippen LogP contribution < -0.4 is 5.32 Å². The van der Waals surface area contributed by atoms with E-state index in [4.69, 9.17) is 0 Å². The molecule has 0 aromatic heterocycles. The zero-order valence-corrected chi connectivity index (χ0v) is 10.9. The fourth-order valence-electron chi connectivity index (χ4n) is 2.41. The summed E-state index contributed by atoms with van der Waals surface area (Å²) in [6.07, 6.45) is 3.97. The van der Waals surface area contributed by atoms with E-state index in [9.17, 15) is 0 Å². The maximum absolute atomic E-state index is 3.44. The topological polar surface area (TPSA) is 12.0 Å². The van der Waals surface area contributed by atoms with E-state index < -0.39 is 0 Å². The molecule has 0 aromatic rings. The lowest BCUT2D eigenvalue weighted by Gasteiger charge is -2.28. The molecule has 0 aliphatic heterocycles. The summed E-state index contributed by atoms with van der Waals surface area (Å²) in [5.74, 6) is 2.51. The molecule has 0 saturated carbocycles. The average molecular weight is 199 g/mol. The number of hydrogen-bond acceptors (Lipinski definition) is 1. The van der Waals surface area contributed by atoms with Gasteiger partial charge >= 0.3 is 0 Å². The summed E-state index contributed by atoms with van der Waals surface area (Å²) in [7, 11) is 2.09. The van der Waals surface area contributed by atoms with Gasteiger partial charge in [0.15, 0.2) is 0 Å². The Labute approximate surface area is 90.7 Å². The summed E-state index contributed by atoms with van der Waals surface area (Å²) in [5.41, 5.74) is 0. The van der Waals surface area contributed by atoms with Crippen molar-refractivity contribution in [2.75, 3.05) is 7.05 Å². The molecule has 0 aliphatic carbocycles. The van der Waals surface area contributed by atoms with Crippen LogP contribution in [0.5, 0.6) is 0 Å². The van der Waals surface area contributed by atoms with Crippen molar-refractivity contribution in [3.8, 4) is 0 Å². The minimum absolute atomic E-state index is 0.686. The third-order valence-corrected chi connectivity index (χ3v) is 3.65. The van der Waals surface area contributed by atoms with E-state index in [-0.39, 0.29) is 0 Å². The molecule has 0 bridgehead atoms. The van der Waals surface area contributed by atoms with Crippen molar-refractivity contribution in [2.24, 2.45) is 17.8 Å². The van der Waals surface area contributed by atoms with Gasteiger partial charge in [-0.15, -0.1) is 0 Å². The van der Waals surface area contributed by atoms with E-state index in [0.29, 0.717) is 6.04 Å². The Hall–Kier alpha value is -0.0400. The van der Waals surface area contributed by atoms with E-state index >= 15 is 0 Å². The van der Waals surface area contributed by atoms with Crippen molar-refractivity contribution in [1.82, 2.24) is 5.32 Å². The van der Waals surface area contributed by atoms with Gasteiger partial charge in [0, 0.05) is 6.04 Å². The quantitative estimate of drug-likeness (QED) is 0.659. The molecule has 0 saturated heterocycles. The van der Waals surface area contributed by atoms with Crippen molar-refractivity contribution in [1.29, 1.82) is 0 Å². The van der Waals surface area contributed by atoms with Crippen molar-refractivity contribution in [3.05, 3.63) is 0 Å². The molecule has 86 valence electrons. The molecule has 0 amide bonds. The number of nitrogens with one attached hydrogen (secondary N) is 1. The van der Waals surface area contributed by atoms with Crippen molar-refractivity contribution >= 4 is 0 Å². The van der Waals surface area contributed by atoms with E-state index in [2.05, 4.69) is 47.0 Å². The highest BCUT2D eigenvalue weighted by molar-refractivity contribution is 4.74. The third-order valence-electron chi connectivity index (χ3n) is 3.65. The molecule has 1 unspecified atom stereocenters. The third kappa shape index (κ3) is 4.45. The van der Waals surface area contributed by atoms with Gasteiger partial charge in [-0.25, -0.2) is 0 Å². The lowest BCUT2D eigenvalue weighted by Crippen LogP contribution is -2.33. The van der Waals surface area contributed by atoms with Crippen LogP contribution in [-0.4, -0.2) is 13.1 Å². The van der Waals surface area contributed by atoms with Crippen LogP contribution in [0.4, 0.5) is 0 Å². The SMILES string of the molecule is CCC(CC)[C@H](C)CC(NC)C(C)C. The van der Waals surface area contributed by atoms with Crippen LogP contribution in [-0.2, 0) is 0 Å². The lowest BCUT2D eigenvalue weighted by atomic mass is 9.82. The molecular weight excluding hydrogens is 170 g/mol. The van der Waals surface area contributed by atoms with E-state index in [1.165, 1.54) is 19.3 Å². The van der Waals surface area contributed by atoms with Gasteiger partial charge < -0.3 is 5.32 Å². The van der Waals surface area contributed by atoms with Crippen molar-refractivity contribution in [3.63, 3.8) is 0 Å². The van der Waals surface area contributed by atoms with Crippen LogP contribution in [0.2, 0.25) is 0 Å². The minimum Gasteiger partial charge on any atom is -0.317 e. The first-order valence-electron chi connectivity index (χ1n) is 6.23. The van der Waals surface area contributed by atoms with Gasteiger partial charge in [0.1, 0.15) is 0 Å². The van der Waals surface area contributed by atoms with E-state index in [1.807, 2.05) is 0 Å². The summed E-state index contributed by atoms with van der Waals surface area (Å²) in [6.45, 7) is 11.6. The molecule has 1 nitrogen and oxygen atoms in total. The molecule has 0 aliphatic rings. The maximum Gasteiger partial charge on any atom is 0.00896 e. The van der Waals surface area contributed by atoms with Gasteiger partial charge in [-0.2, -0.15) is 0 Å². The second kappa shape index (κ2) is 7.28. The Morgan fingerprint density at radius 2 is 1.50 bits per heavy atom. The standard InChI is InChI=1S/C13H29N/c1-7-12(8-2)11(5)9-13(14-6)10(3)4/h10-14H,7-9H2,1-6H3/t11-,13?/m1/s1. The Morgan fingerprint density at radius 1 is 1.00 bits per heavy atom. The molecule has 0 fully saturated rings. The average Bonchev–Trinajstić information content (AvgIpc) is 2.15. The summed E-state index contributed by atoms with van der Waals surface area (Å²) in [6, 6.07) is 0.686. The zero-order chi connectivity index (χ0) is 11.1. The molecule has 0 spiro atoms. The van der Waals surface area contributed by atoms with Gasteiger partial charge in [0.25, 0.3) is 0 Å².